The molecule has 2 N–H and O–H groups in total. The highest BCUT2D eigenvalue weighted by atomic mass is 35.5. The van der Waals surface area contributed by atoms with Crippen LogP contribution in [0.3, 0.4) is 0 Å². The lowest BCUT2D eigenvalue weighted by atomic mass is 10.2. The Balaban J connectivity index is 1.41. The first kappa shape index (κ1) is 20.6. The number of amides is 1. The lowest BCUT2D eigenvalue weighted by Crippen LogP contribution is -2.22. The van der Waals surface area contributed by atoms with E-state index in [1.165, 1.54) is 0 Å². The molecule has 2 aromatic rings. The van der Waals surface area contributed by atoms with E-state index in [9.17, 15) is 13.2 Å². The Morgan fingerprint density at radius 2 is 1.82 bits per heavy atom. The highest BCUT2D eigenvalue weighted by molar-refractivity contribution is 7.90. The second-order valence-corrected chi connectivity index (χ2v) is 8.78. The summed E-state index contributed by atoms with van der Waals surface area (Å²) in [5.74, 6) is 0.287. The number of carbonyl (C=O) groups is 1. The smallest absolute Gasteiger partial charge is 0.263 e. The lowest BCUT2D eigenvalue weighted by Gasteiger charge is -2.06. The van der Waals surface area contributed by atoms with Crippen molar-refractivity contribution in [2.75, 3.05) is 11.9 Å². The standard InChI is InChI=1S/C19H19Cl2N3O3S/c20-15-10-9-13(12-16(15)21)23-18(25)8-2-1-5-11-22-19-14-6-3-4-7-17(14)28(26,27)24-19/h3-4,6-7,9-10,12H,1-2,5,8,11H2,(H,22,24)(H,23,25). The van der Waals surface area contributed by atoms with Gasteiger partial charge in [-0.05, 0) is 43.2 Å². The molecule has 0 saturated heterocycles. The van der Waals surface area contributed by atoms with E-state index in [-0.39, 0.29) is 10.8 Å². The van der Waals surface area contributed by atoms with E-state index < -0.39 is 10.0 Å². The molecule has 28 heavy (non-hydrogen) atoms. The summed E-state index contributed by atoms with van der Waals surface area (Å²) in [5.41, 5.74) is 1.21. The molecule has 1 amide bonds. The van der Waals surface area contributed by atoms with Crippen molar-refractivity contribution in [2.45, 2.75) is 30.6 Å². The van der Waals surface area contributed by atoms with Crippen molar-refractivity contribution in [1.82, 2.24) is 4.72 Å². The van der Waals surface area contributed by atoms with Crippen LogP contribution < -0.4 is 10.0 Å². The minimum atomic E-state index is -3.50. The number of nitrogens with one attached hydrogen (secondary N) is 2. The van der Waals surface area contributed by atoms with E-state index in [1.807, 2.05) is 0 Å². The molecule has 0 radical (unpaired) electrons. The van der Waals surface area contributed by atoms with E-state index in [0.717, 1.165) is 12.8 Å². The fourth-order valence-corrected chi connectivity index (χ4v) is 4.36. The molecule has 3 rings (SSSR count). The van der Waals surface area contributed by atoms with Crippen molar-refractivity contribution < 1.29 is 13.2 Å². The summed E-state index contributed by atoms with van der Waals surface area (Å²) in [6.45, 7) is 0.487. The van der Waals surface area contributed by atoms with Gasteiger partial charge in [-0.2, -0.15) is 0 Å². The third-order valence-electron chi connectivity index (χ3n) is 4.20. The van der Waals surface area contributed by atoms with Gasteiger partial charge >= 0.3 is 0 Å². The molecule has 0 aliphatic carbocycles. The number of benzene rings is 2. The number of aliphatic imine (C=N–C) groups is 1. The van der Waals surface area contributed by atoms with Crippen molar-refractivity contribution in [3.63, 3.8) is 0 Å². The molecule has 1 aliphatic rings. The monoisotopic (exact) mass is 439 g/mol. The second-order valence-electron chi connectivity index (χ2n) is 6.32. The summed E-state index contributed by atoms with van der Waals surface area (Å²) >= 11 is 11.8. The predicted octanol–water partition coefficient (Wildman–Crippen LogP) is 4.23. The molecule has 0 unspecified atom stereocenters. The largest absolute Gasteiger partial charge is 0.326 e. The van der Waals surface area contributed by atoms with Crippen LogP contribution >= 0.6 is 23.2 Å². The number of carbonyl (C=O) groups excluding carboxylic acids is 1. The summed E-state index contributed by atoms with van der Waals surface area (Å²) < 4.78 is 26.5. The molecule has 0 aromatic heterocycles. The molecular weight excluding hydrogens is 421 g/mol. The van der Waals surface area contributed by atoms with Gasteiger partial charge in [0.2, 0.25) is 5.91 Å². The van der Waals surface area contributed by atoms with Crippen LogP contribution in [0.4, 0.5) is 5.69 Å². The van der Waals surface area contributed by atoms with E-state index in [4.69, 9.17) is 23.2 Å². The lowest BCUT2D eigenvalue weighted by molar-refractivity contribution is -0.116. The van der Waals surface area contributed by atoms with Crippen LogP contribution in [0.25, 0.3) is 0 Å². The molecule has 6 nitrogen and oxygen atoms in total. The first-order valence-electron chi connectivity index (χ1n) is 8.78. The molecule has 1 heterocycles. The maximum atomic E-state index is 12.0. The van der Waals surface area contributed by atoms with Crippen molar-refractivity contribution >= 4 is 50.7 Å². The van der Waals surface area contributed by atoms with Crippen molar-refractivity contribution in [3.8, 4) is 0 Å². The Bertz CT molecular complexity index is 1020. The Hall–Kier alpha value is -2.09. The molecule has 0 atom stereocenters. The van der Waals surface area contributed by atoms with Gasteiger partial charge < -0.3 is 5.32 Å². The van der Waals surface area contributed by atoms with Crippen LogP contribution in [-0.4, -0.2) is 26.7 Å². The first-order chi connectivity index (χ1) is 13.4. The van der Waals surface area contributed by atoms with E-state index in [1.54, 1.807) is 42.5 Å². The van der Waals surface area contributed by atoms with Gasteiger partial charge in [0.25, 0.3) is 10.0 Å². The third-order valence-corrected chi connectivity index (χ3v) is 6.33. The molecule has 0 spiro atoms. The predicted molar refractivity (Wildman–Crippen MR) is 112 cm³/mol. The summed E-state index contributed by atoms with van der Waals surface area (Å²) in [6, 6.07) is 11.7. The van der Waals surface area contributed by atoms with Crippen LogP contribution in [0.5, 0.6) is 0 Å². The molecule has 1 aliphatic heterocycles. The van der Waals surface area contributed by atoms with Crippen molar-refractivity contribution in [3.05, 3.63) is 58.1 Å². The normalized spacial score (nSPS) is 15.9. The summed E-state index contributed by atoms with van der Waals surface area (Å²) in [5, 5.41) is 3.61. The topological polar surface area (TPSA) is 87.6 Å². The zero-order valence-corrected chi connectivity index (χ0v) is 17.2. The van der Waals surface area contributed by atoms with Gasteiger partial charge in [0.1, 0.15) is 5.84 Å². The number of hydrogen-bond acceptors (Lipinski definition) is 4. The maximum Gasteiger partial charge on any atom is 0.263 e. The van der Waals surface area contributed by atoms with Gasteiger partial charge in [-0.25, -0.2) is 8.42 Å². The summed E-state index contributed by atoms with van der Waals surface area (Å²) in [7, 11) is -3.50. The Morgan fingerprint density at radius 1 is 1.04 bits per heavy atom. The van der Waals surface area contributed by atoms with E-state index >= 15 is 0 Å². The van der Waals surface area contributed by atoms with Gasteiger partial charge in [0, 0.05) is 24.2 Å². The van der Waals surface area contributed by atoms with Crippen LogP contribution in [0.1, 0.15) is 31.2 Å². The van der Waals surface area contributed by atoms with E-state index in [2.05, 4.69) is 15.0 Å². The van der Waals surface area contributed by atoms with Crippen LogP contribution in [0.2, 0.25) is 10.0 Å². The molecular formula is C19H19Cl2N3O3S. The fraction of sp³-hybridized carbons (Fsp3) is 0.263. The van der Waals surface area contributed by atoms with Crippen LogP contribution in [0.15, 0.2) is 52.4 Å². The number of unbranched alkanes of at least 4 members (excludes halogenated alkanes) is 2. The molecule has 0 fully saturated rings. The molecule has 9 heteroatoms. The minimum Gasteiger partial charge on any atom is -0.326 e. The summed E-state index contributed by atoms with van der Waals surface area (Å²) in [4.78, 5) is 16.6. The Morgan fingerprint density at radius 3 is 2.61 bits per heavy atom. The quantitative estimate of drug-likeness (QED) is 0.632. The number of fused-ring (bicyclic) bond motifs is 1. The van der Waals surface area contributed by atoms with Crippen molar-refractivity contribution in [1.29, 1.82) is 0 Å². The number of sulfonamides is 1. The zero-order chi connectivity index (χ0) is 20.1. The zero-order valence-electron chi connectivity index (χ0n) is 14.9. The summed E-state index contributed by atoms with van der Waals surface area (Å²) in [6.07, 6.45) is 2.65. The number of halogens is 2. The molecule has 148 valence electrons. The van der Waals surface area contributed by atoms with Gasteiger partial charge in [-0.1, -0.05) is 41.8 Å². The van der Waals surface area contributed by atoms with Crippen LogP contribution in [0, 0.1) is 0 Å². The number of amidine groups is 1. The van der Waals surface area contributed by atoms with Crippen molar-refractivity contribution in [2.24, 2.45) is 4.99 Å². The number of rotatable bonds is 7. The molecule has 0 bridgehead atoms. The van der Waals surface area contributed by atoms with Gasteiger partial charge in [0.15, 0.2) is 0 Å². The van der Waals surface area contributed by atoms with Gasteiger partial charge in [-0.3, -0.25) is 14.5 Å². The molecule has 0 saturated carbocycles. The number of nitrogens with zero attached hydrogens (tertiary/aromatic N) is 1. The molecule has 2 aromatic carbocycles. The average molecular weight is 440 g/mol. The third kappa shape index (κ3) is 5.04. The van der Waals surface area contributed by atoms with Gasteiger partial charge in [0.05, 0.1) is 14.9 Å². The Kier molecular flexibility index (Phi) is 6.59. The van der Waals surface area contributed by atoms with Gasteiger partial charge in [-0.15, -0.1) is 0 Å². The average Bonchev–Trinajstić information content (AvgIpc) is 2.92. The minimum absolute atomic E-state index is 0.0952. The fourth-order valence-electron chi connectivity index (χ4n) is 2.81. The number of anilines is 1. The van der Waals surface area contributed by atoms with E-state index in [0.29, 0.717) is 46.5 Å². The highest BCUT2D eigenvalue weighted by Crippen LogP contribution is 2.25. The van der Waals surface area contributed by atoms with Crippen LogP contribution in [-0.2, 0) is 14.8 Å². The first-order valence-corrected chi connectivity index (χ1v) is 11.0. The Labute approximate surface area is 174 Å². The maximum absolute atomic E-state index is 12.0. The number of hydrogen-bond donors (Lipinski definition) is 2. The SMILES string of the molecule is O=C(CCCCCN=C1NS(=O)(=O)c2ccccc21)Nc1ccc(Cl)c(Cl)c1. The highest BCUT2D eigenvalue weighted by Gasteiger charge is 2.29. The second kappa shape index (κ2) is 8.94.